The minimum atomic E-state index is 0.483. The molecule has 0 amide bonds. The Bertz CT molecular complexity index is 700. The van der Waals surface area contributed by atoms with Crippen LogP contribution in [0.15, 0.2) is 35.6 Å². The van der Waals surface area contributed by atoms with E-state index in [0.717, 1.165) is 43.3 Å². The van der Waals surface area contributed by atoms with Gasteiger partial charge < -0.3 is 15.5 Å². The first-order chi connectivity index (χ1) is 12.7. The van der Waals surface area contributed by atoms with Gasteiger partial charge in [-0.05, 0) is 38.3 Å². The largest absolute Gasteiger partial charge is 0.354 e. The number of aromatic nitrogens is 3. The predicted octanol–water partition coefficient (Wildman–Crippen LogP) is 2.01. The van der Waals surface area contributed by atoms with Crippen LogP contribution in [0.1, 0.15) is 32.3 Å². The molecule has 0 aliphatic carbocycles. The van der Waals surface area contributed by atoms with Crippen molar-refractivity contribution in [3.05, 3.63) is 36.2 Å². The molecule has 7 heteroatoms. The van der Waals surface area contributed by atoms with Gasteiger partial charge in [0, 0.05) is 44.3 Å². The molecule has 26 heavy (non-hydrogen) atoms. The molecule has 1 aromatic carbocycles. The highest BCUT2D eigenvalue weighted by molar-refractivity contribution is 5.80. The van der Waals surface area contributed by atoms with Crippen LogP contribution in [0.4, 0.5) is 0 Å². The minimum absolute atomic E-state index is 0.483. The molecule has 7 nitrogen and oxygen atoms in total. The number of piperidine rings is 1. The van der Waals surface area contributed by atoms with Crippen LogP contribution in [-0.2, 0) is 6.54 Å². The summed E-state index contributed by atoms with van der Waals surface area (Å²) in [7, 11) is 1.82. The Morgan fingerprint density at radius 3 is 2.81 bits per heavy atom. The molecule has 3 rings (SSSR count). The van der Waals surface area contributed by atoms with Crippen molar-refractivity contribution in [2.75, 3.05) is 20.1 Å². The van der Waals surface area contributed by atoms with Crippen molar-refractivity contribution in [3.8, 4) is 11.4 Å². The van der Waals surface area contributed by atoms with Crippen molar-refractivity contribution in [2.24, 2.45) is 4.99 Å². The topological polar surface area (TPSA) is 81.2 Å². The fourth-order valence-corrected chi connectivity index (χ4v) is 3.31. The molecule has 0 radical (unpaired) electrons. The van der Waals surface area contributed by atoms with Gasteiger partial charge in [0.2, 0.25) is 0 Å². The molecule has 1 saturated heterocycles. The van der Waals surface area contributed by atoms with Gasteiger partial charge in [-0.15, -0.1) is 0 Å². The van der Waals surface area contributed by atoms with E-state index >= 15 is 0 Å². The first-order valence-electron chi connectivity index (χ1n) is 9.31. The van der Waals surface area contributed by atoms with Gasteiger partial charge in [0.1, 0.15) is 6.33 Å². The first kappa shape index (κ1) is 18.4. The van der Waals surface area contributed by atoms with E-state index in [9.17, 15) is 0 Å². The number of nitrogens with zero attached hydrogens (tertiary/aromatic N) is 4. The Balaban J connectivity index is 1.51. The second kappa shape index (κ2) is 8.80. The third-order valence-corrected chi connectivity index (χ3v) is 4.90. The lowest BCUT2D eigenvalue weighted by atomic mass is 10.0. The number of aromatic amines is 1. The van der Waals surface area contributed by atoms with Crippen LogP contribution in [-0.4, -0.2) is 58.3 Å². The third-order valence-electron chi connectivity index (χ3n) is 4.90. The molecule has 2 aromatic rings. The predicted molar refractivity (Wildman–Crippen MR) is 105 cm³/mol. The number of nitrogens with one attached hydrogen (secondary N) is 3. The maximum absolute atomic E-state index is 4.38. The lowest BCUT2D eigenvalue weighted by Gasteiger charge is -2.35. The Morgan fingerprint density at radius 2 is 2.15 bits per heavy atom. The van der Waals surface area contributed by atoms with Gasteiger partial charge in [0.05, 0.1) is 0 Å². The van der Waals surface area contributed by atoms with Crippen LogP contribution in [0.5, 0.6) is 0 Å². The molecule has 1 aliphatic heterocycles. The van der Waals surface area contributed by atoms with Crippen LogP contribution in [0.3, 0.4) is 0 Å². The maximum Gasteiger partial charge on any atom is 0.191 e. The fourth-order valence-electron chi connectivity index (χ4n) is 3.31. The summed E-state index contributed by atoms with van der Waals surface area (Å²) in [6, 6.07) is 9.39. The Morgan fingerprint density at radius 1 is 1.35 bits per heavy atom. The molecule has 0 atom stereocenters. The van der Waals surface area contributed by atoms with Crippen molar-refractivity contribution in [3.63, 3.8) is 0 Å². The van der Waals surface area contributed by atoms with Crippen LogP contribution in [0.25, 0.3) is 11.4 Å². The normalized spacial score (nSPS) is 16.8. The number of hydrogen-bond acceptors (Lipinski definition) is 4. The smallest absolute Gasteiger partial charge is 0.191 e. The average Bonchev–Trinajstić information content (AvgIpc) is 3.20. The highest BCUT2D eigenvalue weighted by Crippen LogP contribution is 2.15. The first-order valence-corrected chi connectivity index (χ1v) is 9.31. The van der Waals surface area contributed by atoms with Gasteiger partial charge in [-0.2, -0.15) is 5.10 Å². The van der Waals surface area contributed by atoms with Gasteiger partial charge in [-0.25, -0.2) is 4.98 Å². The number of guanidine groups is 1. The molecule has 0 saturated carbocycles. The van der Waals surface area contributed by atoms with Gasteiger partial charge in [0.25, 0.3) is 0 Å². The Hall–Kier alpha value is -2.41. The van der Waals surface area contributed by atoms with E-state index in [-0.39, 0.29) is 0 Å². The van der Waals surface area contributed by atoms with E-state index in [4.69, 9.17) is 0 Å². The lowest BCUT2D eigenvalue weighted by molar-refractivity contribution is 0.167. The number of rotatable bonds is 5. The summed E-state index contributed by atoms with van der Waals surface area (Å²) >= 11 is 0. The number of likely N-dealkylation sites (tertiary alicyclic amines) is 1. The number of hydrogen-bond donors (Lipinski definition) is 3. The van der Waals surface area contributed by atoms with Crippen LogP contribution in [0.2, 0.25) is 0 Å². The standard InChI is InChI=1S/C19H29N7/c1-14(2)26-9-7-17(8-10-26)24-19(20-3)21-12-15-5-4-6-16(11-15)18-22-13-23-25-18/h4-6,11,13-14,17H,7-10,12H2,1-3H3,(H2,20,21,24)(H,22,23,25). The molecule has 2 heterocycles. The van der Waals surface area contributed by atoms with Gasteiger partial charge in [-0.1, -0.05) is 18.2 Å². The van der Waals surface area contributed by atoms with Gasteiger partial charge in [-0.3, -0.25) is 10.1 Å². The van der Waals surface area contributed by atoms with E-state index < -0.39 is 0 Å². The Kier molecular flexibility index (Phi) is 6.22. The van der Waals surface area contributed by atoms with Crippen molar-refractivity contribution < 1.29 is 0 Å². The molecule has 1 aliphatic rings. The van der Waals surface area contributed by atoms with Crippen molar-refractivity contribution in [2.45, 2.75) is 45.3 Å². The van der Waals surface area contributed by atoms with Crippen LogP contribution in [0, 0.1) is 0 Å². The van der Waals surface area contributed by atoms with Crippen molar-refractivity contribution in [1.29, 1.82) is 0 Å². The second-order valence-corrected chi connectivity index (χ2v) is 7.01. The summed E-state index contributed by atoms with van der Waals surface area (Å²) < 4.78 is 0. The van der Waals surface area contributed by atoms with E-state index in [1.165, 1.54) is 11.9 Å². The van der Waals surface area contributed by atoms with E-state index in [1.54, 1.807) is 0 Å². The van der Waals surface area contributed by atoms with Crippen LogP contribution >= 0.6 is 0 Å². The second-order valence-electron chi connectivity index (χ2n) is 7.01. The highest BCUT2D eigenvalue weighted by Gasteiger charge is 2.21. The third kappa shape index (κ3) is 4.82. The maximum atomic E-state index is 4.38. The summed E-state index contributed by atoms with van der Waals surface area (Å²) in [4.78, 5) is 11.1. The molecule has 3 N–H and O–H groups in total. The van der Waals surface area contributed by atoms with Crippen LogP contribution < -0.4 is 10.6 Å². The molecular weight excluding hydrogens is 326 g/mol. The zero-order chi connectivity index (χ0) is 18.4. The molecule has 140 valence electrons. The summed E-state index contributed by atoms with van der Waals surface area (Å²) in [5, 5.41) is 13.8. The minimum Gasteiger partial charge on any atom is -0.354 e. The Labute approximate surface area is 155 Å². The lowest BCUT2D eigenvalue weighted by Crippen LogP contribution is -2.49. The zero-order valence-electron chi connectivity index (χ0n) is 15.9. The van der Waals surface area contributed by atoms with E-state index in [2.05, 4.69) is 61.7 Å². The highest BCUT2D eigenvalue weighted by atomic mass is 15.2. The quantitative estimate of drug-likeness (QED) is 0.565. The summed E-state index contributed by atoms with van der Waals surface area (Å²) in [6.45, 7) is 7.53. The molecule has 0 bridgehead atoms. The summed E-state index contributed by atoms with van der Waals surface area (Å²) in [5.41, 5.74) is 2.21. The monoisotopic (exact) mass is 355 g/mol. The van der Waals surface area contributed by atoms with Gasteiger partial charge in [0.15, 0.2) is 11.8 Å². The fraction of sp³-hybridized carbons (Fsp3) is 0.526. The molecule has 1 aromatic heterocycles. The van der Waals surface area contributed by atoms with E-state index in [1.807, 2.05) is 19.2 Å². The van der Waals surface area contributed by atoms with Crippen molar-refractivity contribution in [1.82, 2.24) is 30.7 Å². The molecular formula is C19H29N7. The SMILES string of the molecule is CN=C(NCc1cccc(-c2ncn[nH]2)c1)NC1CCN(C(C)C)CC1. The number of aliphatic imine (C=N–C) groups is 1. The number of benzene rings is 1. The van der Waals surface area contributed by atoms with Gasteiger partial charge >= 0.3 is 0 Å². The van der Waals surface area contributed by atoms with Crippen molar-refractivity contribution >= 4 is 5.96 Å². The van der Waals surface area contributed by atoms with E-state index in [0.29, 0.717) is 18.6 Å². The summed E-state index contributed by atoms with van der Waals surface area (Å²) in [6.07, 6.45) is 3.83. The molecule has 0 unspecified atom stereocenters. The molecule has 1 fully saturated rings. The summed E-state index contributed by atoms with van der Waals surface area (Å²) in [5.74, 6) is 1.64. The molecule has 0 spiro atoms. The average molecular weight is 355 g/mol. The zero-order valence-corrected chi connectivity index (χ0v) is 15.9. The number of H-pyrrole nitrogens is 1.